The number of aromatic nitrogens is 1. The summed E-state index contributed by atoms with van der Waals surface area (Å²) >= 11 is 0. The highest BCUT2D eigenvalue weighted by Crippen LogP contribution is 2.38. The molecule has 1 aromatic heterocycles. The predicted molar refractivity (Wildman–Crippen MR) is 166 cm³/mol. The van der Waals surface area contributed by atoms with E-state index >= 15 is 0 Å². The van der Waals surface area contributed by atoms with Gasteiger partial charge < -0.3 is 39.9 Å². The lowest BCUT2D eigenvalue weighted by Crippen LogP contribution is -2.37. The average molecular weight is 614 g/mol. The van der Waals surface area contributed by atoms with E-state index in [0.29, 0.717) is 23.1 Å². The van der Waals surface area contributed by atoms with Crippen LogP contribution < -0.4 is 16.8 Å². The summed E-state index contributed by atoms with van der Waals surface area (Å²) in [4.78, 5) is 37.6. The maximum Gasteiger partial charge on any atom is 0.420 e. The van der Waals surface area contributed by atoms with E-state index in [9.17, 15) is 24.6 Å². The summed E-state index contributed by atoms with van der Waals surface area (Å²) in [5, 5.41) is 25.4. The first-order valence-corrected chi connectivity index (χ1v) is 14.4. The molecule has 0 spiro atoms. The van der Waals surface area contributed by atoms with Crippen LogP contribution in [0.25, 0.3) is 11.1 Å². The number of rotatable bonds is 5. The molecule has 1 aromatic carbocycles. The van der Waals surface area contributed by atoms with E-state index in [1.807, 2.05) is 13.8 Å². The number of carbonyl (C=O) groups is 2. The van der Waals surface area contributed by atoms with Gasteiger partial charge in [0.2, 0.25) is 0 Å². The monoisotopic (exact) mass is 613 g/mol. The van der Waals surface area contributed by atoms with Crippen LogP contribution in [0.5, 0.6) is 5.75 Å². The van der Waals surface area contributed by atoms with Crippen LogP contribution in [-0.4, -0.2) is 65.4 Å². The van der Waals surface area contributed by atoms with Gasteiger partial charge in [0.25, 0.3) is 5.91 Å². The molecule has 0 unspecified atom stereocenters. The van der Waals surface area contributed by atoms with Crippen LogP contribution in [0.2, 0.25) is 0 Å². The van der Waals surface area contributed by atoms with Crippen LogP contribution >= 0.6 is 0 Å². The smallest absolute Gasteiger partial charge is 0.420 e. The molecule has 3 rings (SSSR count). The molecule has 1 aliphatic heterocycles. The first-order valence-electron chi connectivity index (χ1n) is 14.4. The molecule has 5 N–H and O–H groups in total. The fourth-order valence-corrected chi connectivity index (χ4v) is 5.49. The molecule has 240 valence electrons. The number of phenols is 1. The Morgan fingerprint density at radius 2 is 1.95 bits per heavy atom. The summed E-state index contributed by atoms with van der Waals surface area (Å²) in [5.74, 6) is -1.95. The number of benzene rings is 1. The number of nitrogens with one attached hydrogen (secondary N) is 1. The van der Waals surface area contributed by atoms with Crippen LogP contribution in [0, 0.1) is 11.8 Å². The van der Waals surface area contributed by atoms with Crippen LogP contribution in [0.3, 0.4) is 0 Å². The number of ether oxygens (including phenoxy) is 3. The number of carbonyl (C=O) groups excluding carboxylic acids is 2. The lowest BCUT2D eigenvalue weighted by atomic mass is 9.88. The Morgan fingerprint density at radius 1 is 1.25 bits per heavy atom. The zero-order valence-electron chi connectivity index (χ0n) is 26.0. The van der Waals surface area contributed by atoms with Crippen LogP contribution in [0.1, 0.15) is 39.7 Å². The first kappa shape index (κ1) is 34.4. The third-order valence-corrected chi connectivity index (χ3v) is 7.79. The Bertz CT molecular complexity index is 1520. The van der Waals surface area contributed by atoms with Crippen molar-refractivity contribution in [1.29, 1.82) is 0 Å². The minimum Gasteiger partial charge on any atom is -0.505 e. The molecule has 0 fully saturated rings. The van der Waals surface area contributed by atoms with Gasteiger partial charge in [-0.25, -0.2) is 9.59 Å². The van der Waals surface area contributed by atoms with Crippen molar-refractivity contribution < 1.29 is 38.4 Å². The third kappa shape index (κ3) is 7.87. The standard InChI is InChI=1S/C32H43N3O9/c1-8-12-35-26-21-13-17(2)14-25(42-7)27(36)19(4)15-20(5)29(44-31(33)39)23(41-6)11-9-10-18(3)30(38)34-22(28(21)37)16-24(26)43-32(35)40/h8-11,15-17,19,23,25,27,29,36-37H,1,12-14H2,2-7H3,(H2,33,39)(H,34,38)/t17-,19+,23+,25+,27-,29+/m1/s1. The minimum absolute atomic E-state index is 0.0697. The highest BCUT2D eigenvalue weighted by molar-refractivity contribution is 6.05. The van der Waals surface area contributed by atoms with Crippen molar-refractivity contribution in [2.75, 3.05) is 19.5 Å². The number of primary amides is 1. The molecule has 2 bridgehead atoms. The number of amides is 2. The number of anilines is 1. The van der Waals surface area contributed by atoms with Gasteiger partial charge in [0.15, 0.2) is 11.7 Å². The van der Waals surface area contributed by atoms with Crippen LogP contribution in [0.4, 0.5) is 10.5 Å². The quantitative estimate of drug-likeness (QED) is 0.287. The molecule has 12 nitrogen and oxygen atoms in total. The Hall–Kier alpha value is -4.13. The van der Waals surface area contributed by atoms with Crippen LogP contribution in [-0.2, 0) is 32.0 Å². The number of allylic oxidation sites excluding steroid dienone is 3. The Labute approximate surface area is 256 Å². The maximum absolute atomic E-state index is 13.1. The van der Waals surface area contributed by atoms with Crippen molar-refractivity contribution in [2.24, 2.45) is 17.6 Å². The van der Waals surface area contributed by atoms with E-state index in [2.05, 4.69) is 11.9 Å². The van der Waals surface area contributed by atoms with Crippen LogP contribution in [0.15, 0.2) is 63.4 Å². The third-order valence-electron chi connectivity index (χ3n) is 7.79. The Morgan fingerprint density at radius 3 is 2.57 bits per heavy atom. The number of fused-ring (bicyclic) bond motifs is 4. The first-order chi connectivity index (χ1) is 20.8. The highest BCUT2D eigenvalue weighted by Gasteiger charge is 2.30. The molecule has 2 aromatic rings. The molecule has 0 aliphatic carbocycles. The number of aliphatic hydroxyl groups is 1. The van der Waals surface area contributed by atoms with Crippen molar-refractivity contribution in [3.63, 3.8) is 0 Å². The van der Waals surface area contributed by atoms with Gasteiger partial charge in [-0.15, -0.1) is 6.58 Å². The topological polar surface area (TPSA) is 175 Å². The molecule has 2 heterocycles. The number of nitrogens with two attached hydrogens (primary N) is 1. The number of hydrogen-bond acceptors (Lipinski definition) is 9. The van der Waals surface area contributed by atoms with Gasteiger partial charge in [-0.05, 0) is 38.2 Å². The van der Waals surface area contributed by atoms with E-state index in [0.717, 1.165) is 0 Å². The number of phenolic OH excluding ortho intramolecular Hbond substituents is 1. The van der Waals surface area contributed by atoms with Gasteiger partial charge in [-0.1, -0.05) is 44.2 Å². The van der Waals surface area contributed by atoms with Gasteiger partial charge in [-0.3, -0.25) is 9.36 Å². The van der Waals surface area contributed by atoms with Gasteiger partial charge in [-0.2, -0.15) is 0 Å². The lowest BCUT2D eigenvalue weighted by molar-refractivity contribution is -0.112. The molecule has 2 amide bonds. The summed E-state index contributed by atoms with van der Waals surface area (Å²) in [5.41, 5.74) is 7.30. The second kappa shape index (κ2) is 15.0. The molecule has 44 heavy (non-hydrogen) atoms. The van der Waals surface area contributed by atoms with E-state index in [1.165, 1.54) is 30.9 Å². The zero-order chi connectivity index (χ0) is 32.7. The summed E-state index contributed by atoms with van der Waals surface area (Å²) in [6.45, 7) is 10.9. The lowest BCUT2D eigenvalue weighted by Gasteiger charge is -2.29. The number of hydrogen-bond donors (Lipinski definition) is 4. The molecule has 6 atom stereocenters. The highest BCUT2D eigenvalue weighted by atomic mass is 16.6. The molecule has 1 aliphatic rings. The number of methoxy groups -OCH3 is 2. The summed E-state index contributed by atoms with van der Waals surface area (Å²) in [6.07, 6.45) is 4.43. The second-order valence-corrected chi connectivity index (χ2v) is 11.2. The number of aliphatic hydroxyl groups excluding tert-OH is 1. The fraction of sp³-hybridized carbons (Fsp3) is 0.469. The summed E-state index contributed by atoms with van der Waals surface area (Å²) in [6, 6.07) is 1.41. The van der Waals surface area contributed by atoms with E-state index in [4.69, 9.17) is 24.4 Å². The number of oxazole rings is 1. The second-order valence-electron chi connectivity index (χ2n) is 11.2. The molecular weight excluding hydrogens is 570 g/mol. The predicted octanol–water partition coefficient (Wildman–Crippen LogP) is 3.95. The molecule has 0 saturated heterocycles. The van der Waals surface area contributed by atoms with Crippen molar-refractivity contribution in [1.82, 2.24) is 4.57 Å². The Balaban J connectivity index is 2.19. The molecular formula is C32H43N3O9. The number of nitrogens with zero attached hydrogens (tertiary/aromatic N) is 1. The molecule has 12 heteroatoms. The fourth-order valence-electron chi connectivity index (χ4n) is 5.49. The average Bonchev–Trinajstić information content (AvgIpc) is 3.28. The van der Waals surface area contributed by atoms with E-state index in [1.54, 1.807) is 38.2 Å². The van der Waals surface area contributed by atoms with Gasteiger partial charge in [0, 0.05) is 43.9 Å². The van der Waals surface area contributed by atoms with E-state index < -0.39 is 48.1 Å². The summed E-state index contributed by atoms with van der Waals surface area (Å²) in [7, 11) is 2.94. The maximum atomic E-state index is 13.1. The SMILES string of the molecule is C=CCn1c(=O)oc2cc3c(O)c(c21)C[C@@H](C)C[C@H](OC)[C@H](O)[C@@H](C)C=C(C)[C@H](OC(N)=O)[C@@H](OC)C=CC=C(C)C(=O)N3. The van der Waals surface area contributed by atoms with Gasteiger partial charge in [0.05, 0.1) is 23.4 Å². The zero-order valence-corrected chi connectivity index (χ0v) is 26.0. The van der Waals surface area contributed by atoms with Gasteiger partial charge in [0.1, 0.15) is 11.9 Å². The van der Waals surface area contributed by atoms with Crippen molar-refractivity contribution in [3.05, 3.63) is 70.3 Å². The minimum atomic E-state index is -0.995. The number of aromatic hydroxyl groups is 1. The van der Waals surface area contributed by atoms with E-state index in [-0.39, 0.29) is 41.5 Å². The van der Waals surface area contributed by atoms with Crippen molar-refractivity contribution in [3.8, 4) is 5.75 Å². The summed E-state index contributed by atoms with van der Waals surface area (Å²) < 4.78 is 23.5. The van der Waals surface area contributed by atoms with Crippen molar-refractivity contribution in [2.45, 2.75) is 71.5 Å². The molecule has 0 saturated carbocycles. The molecule has 0 radical (unpaired) electrons. The van der Waals surface area contributed by atoms with Gasteiger partial charge >= 0.3 is 11.8 Å². The largest absolute Gasteiger partial charge is 0.505 e. The Kier molecular flexibility index (Phi) is 11.7. The normalized spacial score (nSPS) is 25.7. The van der Waals surface area contributed by atoms with Crippen molar-refractivity contribution >= 4 is 28.8 Å².